The summed E-state index contributed by atoms with van der Waals surface area (Å²) in [5, 5.41) is 12.0. The summed E-state index contributed by atoms with van der Waals surface area (Å²) >= 11 is 0. The van der Waals surface area contributed by atoms with Crippen LogP contribution in [0.15, 0.2) is 18.2 Å². The summed E-state index contributed by atoms with van der Waals surface area (Å²) in [4.78, 5) is 11.4. The lowest BCUT2D eigenvalue weighted by Crippen LogP contribution is -2.29. The van der Waals surface area contributed by atoms with E-state index in [1.165, 1.54) is 12.1 Å². The molecule has 0 aliphatic carbocycles. The predicted octanol–water partition coefficient (Wildman–Crippen LogP) is 2.17. The van der Waals surface area contributed by atoms with Gasteiger partial charge < -0.3 is 15.2 Å². The Morgan fingerprint density at radius 3 is 2.84 bits per heavy atom. The molecule has 0 saturated heterocycles. The van der Waals surface area contributed by atoms with Crippen molar-refractivity contribution in [3.63, 3.8) is 0 Å². The van der Waals surface area contributed by atoms with E-state index < -0.39 is 11.9 Å². The first-order chi connectivity index (χ1) is 9.04. The van der Waals surface area contributed by atoms with Crippen molar-refractivity contribution in [3.8, 4) is 5.75 Å². The molecule has 0 heterocycles. The Kier molecular flexibility index (Phi) is 6.29. The van der Waals surface area contributed by atoms with Gasteiger partial charge in [-0.25, -0.2) is 4.39 Å². The maximum atomic E-state index is 13.6. The lowest BCUT2D eigenvalue weighted by Gasteiger charge is -2.10. The Morgan fingerprint density at radius 1 is 1.53 bits per heavy atom. The van der Waals surface area contributed by atoms with Crippen LogP contribution in [-0.4, -0.2) is 24.2 Å². The molecule has 0 aliphatic rings. The van der Waals surface area contributed by atoms with Crippen LogP contribution in [-0.2, 0) is 4.79 Å². The molecule has 2 N–H and O–H groups in total. The predicted molar refractivity (Wildman–Crippen MR) is 70.4 cm³/mol. The van der Waals surface area contributed by atoms with Crippen LogP contribution in [0.25, 0.3) is 0 Å². The van der Waals surface area contributed by atoms with Gasteiger partial charge in [0.2, 0.25) is 0 Å². The minimum Gasteiger partial charge on any atom is -0.481 e. The number of ether oxygens (including phenoxy) is 1. The largest absolute Gasteiger partial charge is 0.481 e. The average molecular weight is 269 g/mol. The minimum absolute atomic E-state index is 0.00930. The van der Waals surface area contributed by atoms with E-state index in [0.717, 1.165) is 12.8 Å². The quantitative estimate of drug-likeness (QED) is 0.746. The highest BCUT2D eigenvalue weighted by molar-refractivity contribution is 5.77. The van der Waals surface area contributed by atoms with Gasteiger partial charge in [-0.1, -0.05) is 19.4 Å². The summed E-state index contributed by atoms with van der Waals surface area (Å²) in [6.45, 7) is 3.97. The zero-order valence-corrected chi connectivity index (χ0v) is 11.3. The van der Waals surface area contributed by atoms with Crippen LogP contribution in [0, 0.1) is 5.82 Å². The third kappa shape index (κ3) is 5.26. The molecule has 1 rings (SSSR count). The molecule has 1 aromatic carbocycles. The summed E-state index contributed by atoms with van der Waals surface area (Å²) in [7, 11) is 0. The summed E-state index contributed by atoms with van der Waals surface area (Å²) < 4.78 is 18.7. The van der Waals surface area contributed by atoms with E-state index in [0.29, 0.717) is 12.1 Å². The van der Waals surface area contributed by atoms with Gasteiger partial charge in [-0.05, 0) is 31.0 Å². The van der Waals surface area contributed by atoms with Crippen LogP contribution in [0.1, 0.15) is 38.4 Å². The summed E-state index contributed by atoms with van der Waals surface area (Å²) in [6.07, 6.45) is 1.17. The third-order valence-electron chi connectivity index (χ3n) is 2.65. The first kappa shape index (κ1) is 15.4. The van der Waals surface area contributed by atoms with Crippen molar-refractivity contribution in [1.82, 2.24) is 5.32 Å². The van der Waals surface area contributed by atoms with Gasteiger partial charge in [-0.2, -0.15) is 0 Å². The zero-order valence-electron chi connectivity index (χ0n) is 11.3. The number of hydrogen-bond acceptors (Lipinski definition) is 3. The van der Waals surface area contributed by atoms with Crippen LogP contribution < -0.4 is 10.1 Å². The molecule has 1 atom stereocenters. The number of aliphatic hydroxyl groups excluding tert-OH is 1. The van der Waals surface area contributed by atoms with Crippen LogP contribution in [0.5, 0.6) is 5.75 Å². The molecule has 1 aromatic rings. The second kappa shape index (κ2) is 7.74. The van der Waals surface area contributed by atoms with E-state index in [-0.39, 0.29) is 18.3 Å². The van der Waals surface area contributed by atoms with Crippen molar-refractivity contribution in [2.24, 2.45) is 0 Å². The topological polar surface area (TPSA) is 58.6 Å². The van der Waals surface area contributed by atoms with E-state index >= 15 is 0 Å². The van der Waals surface area contributed by atoms with Gasteiger partial charge in [0.05, 0.1) is 6.10 Å². The highest BCUT2D eigenvalue weighted by Gasteiger charge is 2.09. The SMILES string of the molecule is CCCCNC(=O)COc1ccc(C(C)O)cc1F. The molecule has 0 saturated carbocycles. The first-order valence-electron chi connectivity index (χ1n) is 6.41. The van der Waals surface area contributed by atoms with E-state index in [1.807, 2.05) is 6.92 Å². The number of nitrogens with one attached hydrogen (secondary N) is 1. The number of halogens is 1. The fourth-order valence-electron chi connectivity index (χ4n) is 1.49. The van der Waals surface area contributed by atoms with E-state index in [9.17, 15) is 14.3 Å². The molecule has 0 spiro atoms. The second-order valence-electron chi connectivity index (χ2n) is 4.36. The van der Waals surface area contributed by atoms with Gasteiger partial charge in [-0.15, -0.1) is 0 Å². The molecule has 19 heavy (non-hydrogen) atoms. The normalized spacial score (nSPS) is 12.0. The van der Waals surface area contributed by atoms with E-state index in [2.05, 4.69) is 5.32 Å². The van der Waals surface area contributed by atoms with Crippen molar-refractivity contribution in [1.29, 1.82) is 0 Å². The molecule has 0 radical (unpaired) electrons. The molecule has 4 nitrogen and oxygen atoms in total. The van der Waals surface area contributed by atoms with E-state index in [1.54, 1.807) is 13.0 Å². The third-order valence-corrected chi connectivity index (χ3v) is 2.65. The summed E-state index contributed by atoms with van der Waals surface area (Å²) in [6, 6.07) is 4.18. The number of aliphatic hydroxyl groups is 1. The van der Waals surface area contributed by atoms with Crippen LogP contribution in [0.4, 0.5) is 4.39 Å². The fraction of sp³-hybridized carbons (Fsp3) is 0.500. The molecule has 0 aliphatic heterocycles. The van der Waals surface area contributed by atoms with Gasteiger partial charge in [0.25, 0.3) is 5.91 Å². The smallest absolute Gasteiger partial charge is 0.257 e. The summed E-state index contributed by atoms with van der Waals surface area (Å²) in [5.41, 5.74) is 0.470. The number of carbonyl (C=O) groups is 1. The van der Waals surface area contributed by atoms with Gasteiger partial charge >= 0.3 is 0 Å². The van der Waals surface area contributed by atoms with Gasteiger partial charge in [0, 0.05) is 6.54 Å². The number of amides is 1. The standard InChI is InChI=1S/C14H20FNO3/c1-3-4-7-16-14(18)9-19-13-6-5-11(10(2)17)8-12(13)15/h5-6,8,10,17H,3-4,7,9H2,1-2H3,(H,16,18). The number of benzene rings is 1. The number of hydrogen-bond donors (Lipinski definition) is 2. The number of rotatable bonds is 7. The van der Waals surface area contributed by atoms with Crippen LogP contribution in [0.2, 0.25) is 0 Å². The van der Waals surface area contributed by atoms with Gasteiger partial charge in [0.1, 0.15) is 0 Å². The molecular weight excluding hydrogens is 249 g/mol. The Morgan fingerprint density at radius 2 is 2.26 bits per heavy atom. The van der Waals surface area contributed by atoms with Crippen molar-refractivity contribution in [2.75, 3.05) is 13.2 Å². The van der Waals surface area contributed by atoms with Crippen molar-refractivity contribution in [2.45, 2.75) is 32.8 Å². The van der Waals surface area contributed by atoms with Crippen LogP contribution in [0.3, 0.4) is 0 Å². The summed E-state index contributed by atoms with van der Waals surface area (Å²) in [5.74, 6) is -0.845. The lowest BCUT2D eigenvalue weighted by molar-refractivity contribution is -0.123. The molecule has 5 heteroatoms. The monoisotopic (exact) mass is 269 g/mol. The number of unbranched alkanes of at least 4 members (excludes halogenated alkanes) is 1. The molecule has 0 bridgehead atoms. The Hall–Kier alpha value is -1.62. The fourth-order valence-corrected chi connectivity index (χ4v) is 1.49. The number of carbonyl (C=O) groups excluding carboxylic acids is 1. The maximum Gasteiger partial charge on any atom is 0.257 e. The Balaban J connectivity index is 2.47. The maximum absolute atomic E-state index is 13.6. The molecule has 0 fully saturated rings. The molecule has 1 unspecified atom stereocenters. The van der Waals surface area contributed by atoms with Crippen molar-refractivity contribution >= 4 is 5.91 Å². The Labute approximate surface area is 112 Å². The van der Waals surface area contributed by atoms with Crippen molar-refractivity contribution in [3.05, 3.63) is 29.6 Å². The van der Waals surface area contributed by atoms with Crippen molar-refractivity contribution < 1.29 is 19.0 Å². The van der Waals surface area contributed by atoms with Crippen LogP contribution >= 0.6 is 0 Å². The van der Waals surface area contributed by atoms with Gasteiger partial charge in [0.15, 0.2) is 18.2 Å². The highest BCUT2D eigenvalue weighted by Crippen LogP contribution is 2.21. The first-order valence-corrected chi connectivity index (χ1v) is 6.41. The highest BCUT2D eigenvalue weighted by atomic mass is 19.1. The van der Waals surface area contributed by atoms with E-state index in [4.69, 9.17) is 4.74 Å². The molecule has 0 aromatic heterocycles. The Bertz CT molecular complexity index is 421. The second-order valence-corrected chi connectivity index (χ2v) is 4.36. The molecular formula is C14H20FNO3. The molecule has 1 amide bonds. The lowest BCUT2D eigenvalue weighted by atomic mass is 10.1. The minimum atomic E-state index is -0.735. The average Bonchev–Trinajstić information content (AvgIpc) is 2.37. The van der Waals surface area contributed by atoms with Gasteiger partial charge in [-0.3, -0.25) is 4.79 Å². The molecule has 106 valence electrons. The zero-order chi connectivity index (χ0) is 14.3.